The van der Waals surface area contributed by atoms with Crippen LogP contribution in [0.1, 0.15) is 250 Å². The lowest BCUT2D eigenvalue weighted by Gasteiger charge is -2.44. The molecule has 20 heteroatoms. The van der Waals surface area contributed by atoms with Crippen molar-refractivity contribution in [1.82, 2.24) is 5.32 Å². The van der Waals surface area contributed by atoms with E-state index in [9.17, 15) is 45.1 Å². The van der Waals surface area contributed by atoms with E-state index in [2.05, 4.69) is 35.5 Å². The largest absolute Gasteiger partial charge is 0.452 e. The van der Waals surface area contributed by atoms with Crippen molar-refractivity contribution in [2.75, 3.05) is 13.2 Å². The zero-order valence-electron chi connectivity index (χ0n) is 52.9. The molecule has 4 rings (SSSR count). The van der Waals surface area contributed by atoms with Gasteiger partial charge in [0.25, 0.3) is 0 Å². The molecule has 1 fully saturated rings. The van der Waals surface area contributed by atoms with E-state index >= 15 is 0 Å². The number of hydrogen-bond acceptors (Lipinski definition) is 15. The van der Waals surface area contributed by atoms with Gasteiger partial charge in [0.2, 0.25) is 5.91 Å². The first kappa shape index (κ1) is 76.1. The molecule has 1 aliphatic heterocycles. The van der Waals surface area contributed by atoms with Gasteiger partial charge in [-0.3, -0.25) is 13.9 Å². The Balaban J connectivity index is 1.55. The number of carbonyl (C=O) groups excluding carboxylic acids is 4. The second kappa shape index (κ2) is 45.9. The van der Waals surface area contributed by atoms with Gasteiger partial charge in [0.05, 0.1) is 35.9 Å². The van der Waals surface area contributed by atoms with E-state index in [-0.39, 0.29) is 23.1 Å². The summed E-state index contributed by atoms with van der Waals surface area (Å²) in [6, 6.07) is 21.9. The van der Waals surface area contributed by atoms with Crippen LogP contribution in [0.15, 0.2) is 115 Å². The van der Waals surface area contributed by atoms with Crippen molar-refractivity contribution < 1.29 is 77.2 Å². The molecule has 0 aromatic heterocycles. The Morgan fingerprint density at radius 2 is 0.888 bits per heavy atom. The predicted octanol–water partition coefficient (Wildman–Crippen LogP) is 15.5. The Bertz CT molecular complexity index is 2680. The molecule has 89 heavy (non-hydrogen) atoms. The van der Waals surface area contributed by atoms with Gasteiger partial charge in [0, 0.05) is 6.42 Å². The molecule has 18 nitrogen and oxygen atoms in total. The van der Waals surface area contributed by atoms with Gasteiger partial charge in [-0.25, -0.2) is 22.7 Å². The van der Waals surface area contributed by atoms with Crippen molar-refractivity contribution in [3.05, 3.63) is 132 Å². The topological polar surface area (TPSA) is 254 Å². The van der Waals surface area contributed by atoms with E-state index in [1.807, 2.05) is 6.08 Å². The molecule has 3 aromatic carbocycles. The monoisotopic (exact) mass is 1280 g/mol. The molecule has 498 valence electrons. The Hall–Kier alpha value is -5.32. The van der Waals surface area contributed by atoms with E-state index in [1.165, 1.54) is 171 Å². The van der Waals surface area contributed by atoms with Crippen LogP contribution in [0.3, 0.4) is 0 Å². The summed E-state index contributed by atoms with van der Waals surface area (Å²) in [5, 5.41) is 3.00. The maximum atomic E-state index is 14.1. The van der Waals surface area contributed by atoms with Crippen LogP contribution in [0.4, 0.5) is 0 Å². The lowest BCUT2D eigenvalue weighted by molar-refractivity contribution is -0.296. The fraction of sp³-hybridized carbons (Fsp3) is 0.623. The van der Waals surface area contributed by atoms with Crippen LogP contribution >= 0.6 is 0 Å². The standard InChI is InChI=1S/C69H103NO17S2/c1-3-5-7-9-11-13-15-17-18-19-20-21-22-23-24-26-28-30-32-34-45-53-62(71)70-59(60(83-66(72)56-46-38-35-39-47-56)52-44-33-31-29-27-25-16-14-12-10-8-6-4-2)54-81-69-65(86-68(74)58-50-42-37-43-51-58)64(85-67(73)57-48-40-36-41-49-57)63(87-89(78,79)80)61(84-69)55-82-88(75,76)77/h17-18,35-44,46-52,59-61,63-65,69H,3-16,19-34,45,53-55H2,1-2H3,(H,70,71)(H,75,76,77)(H,78,79,80)/b18-17-,52-44+/t59-,60+,61+,63+,64-,65+,69+/m0/s1. The number of allylic oxidation sites excluding steroid dienone is 3. The van der Waals surface area contributed by atoms with Crippen molar-refractivity contribution in [3.63, 3.8) is 0 Å². The van der Waals surface area contributed by atoms with E-state index in [0.29, 0.717) is 12.8 Å². The first-order valence-corrected chi connectivity index (χ1v) is 35.7. The van der Waals surface area contributed by atoms with Crippen LogP contribution in [-0.2, 0) is 57.6 Å². The third-order valence-corrected chi connectivity index (χ3v) is 16.5. The summed E-state index contributed by atoms with van der Waals surface area (Å²) in [4.78, 5) is 56.0. The number of hydrogen-bond donors (Lipinski definition) is 3. The van der Waals surface area contributed by atoms with Crippen LogP contribution < -0.4 is 5.32 Å². The van der Waals surface area contributed by atoms with Gasteiger partial charge in [-0.15, -0.1) is 0 Å². The normalized spacial score (nSPS) is 17.8. The summed E-state index contributed by atoms with van der Waals surface area (Å²) in [6.45, 7) is 2.63. The van der Waals surface area contributed by atoms with Crippen molar-refractivity contribution >= 4 is 44.6 Å². The number of unbranched alkanes of at least 4 members (excludes halogenated alkanes) is 28. The SMILES string of the molecule is CCCCCCCC/C=C\CCCCCCCCCCCCCC(=O)N[C@@H](CO[C@@H]1O[C@H](COS(=O)(=O)O)[C@@H](OS(=O)(=O)O)[C@H](OC(=O)c2ccccc2)[C@H]1OC(=O)c1ccccc1)[C@@H](/C=C/CCCCCCCCCCCCC)OC(=O)c1ccccc1. The molecule has 1 heterocycles. The molecule has 0 unspecified atom stereocenters. The molecular weight excluding hydrogens is 1180 g/mol. The molecule has 3 N–H and O–H groups in total. The zero-order valence-corrected chi connectivity index (χ0v) is 54.5. The fourth-order valence-corrected chi connectivity index (χ4v) is 11.5. The number of ether oxygens (including phenoxy) is 5. The smallest absolute Gasteiger partial charge is 0.397 e. The van der Waals surface area contributed by atoms with Crippen LogP contribution in [-0.4, -0.2) is 106 Å². The average molecular weight is 1280 g/mol. The van der Waals surface area contributed by atoms with Crippen LogP contribution in [0.2, 0.25) is 0 Å². The zero-order chi connectivity index (χ0) is 64.2. The first-order chi connectivity index (χ1) is 43.1. The van der Waals surface area contributed by atoms with Crippen LogP contribution in [0.25, 0.3) is 0 Å². The molecule has 0 aliphatic carbocycles. The van der Waals surface area contributed by atoms with Gasteiger partial charge in [-0.2, -0.15) is 16.8 Å². The van der Waals surface area contributed by atoms with Crippen molar-refractivity contribution in [2.45, 2.75) is 262 Å². The summed E-state index contributed by atoms with van der Waals surface area (Å²) in [5.74, 6) is -3.30. The van der Waals surface area contributed by atoms with E-state index < -0.39 is 101 Å². The molecule has 1 amide bonds. The summed E-state index contributed by atoms with van der Waals surface area (Å²) in [5.41, 5.74) is 0.126. The van der Waals surface area contributed by atoms with Gasteiger partial charge in [0.1, 0.15) is 18.3 Å². The van der Waals surface area contributed by atoms with Crippen LogP contribution in [0, 0.1) is 0 Å². The minimum atomic E-state index is -5.53. The fourth-order valence-electron chi connectivity index (χ4n) is 10.6. The van der Waals surface area contributed by atoms with Gasteiger partial charge in [-0.1, -0.05) is 241 Å². The number of benzene rings is 3. The maximum Gasteiger partial charge on any atom is 0.397 e. The minimum Gasteiger partial charge on any atom is -0.452 e. The minimum absolute atomic E-state index is 0.0251. The molecule has 0 bridgehead atoms. The maximum absolute atomic E-state index is 14.1. The second-order valence-electron chi connectivity index (χ2n) is 23.2. The number of rotatable bonds is 50. The third-order valence-electron chi connectivity index (χ3n) is 15.6. The molecular formula is C69H103NO17S2. The Labute approximate surface area is 531 Å². The number of esters is 3. The predicted molar refractivity (Wildman–Crippen MR) is 345 cm³/mol. The molecule has 0 spiro atoms. The number of amides is 1. The Morgan fingerprint density at radius 3 is 1.31 bits per heavy atom. The first-order valence-electron chi connectivity index (χ1n) is 33.0. The molecule has 1 saturated heterocycles. The Kier molecular flexibility index (Phi) is 39.2. The summed E-state index contributed by atoms with van der Waals surface area (Å²) >= 11 is 0. The van der Waals surface area contributed by atoms with E-state index in [0.717, 1.165) is 64.2 Å². The van der Waals surface area contributed by atoms with E-state index in [1.54, 1.807) is 48.5 Å². The summed E-state index contributed by atoms with van der Waals surface area (Å²) in [6.07, 6.45) is 32.1. The lowest BCUT2D eigenvalue weighted by atomic mass is 9.98. The van der Waals surface area contributed by atoms with Gasteiger partial charge >= 0.3 is 38.7 Å². The second-order valence-corrected chi connectivity index (χ2v) is 25.3. The van der Waals surface area contributed by atoms with Gasteiger partial charge in [-0.05, 0) is 87.4 Å². The van der Waals surface area contributed by atoms with Gasteiger partial charge in [0.15, 0.2) is 18.5 Å². The number of carbonyl (C=O) groups is 4. The number of nitrogens with one attached hydrogen (secondary N) is 1. The van der Waals surface area contributed by atoms with Crippen molar-refractivity contribution in [3.8, 4) is 0 Å². The molecule has 3 aromatic rings. The quantitative estimate of drug-likeness (QED) is 0.0156. The Morgan fingerprint density at radius 1 is 0.494 bits per heavy atom. The average Bonchev–Trinajstić information content (AvgIpc) is 1.74. The highest BCUT2D eigenvalue weighted by Crippen LogP contribution is 2.33. The molecule has 1 aliphatic rings. The van der Waals surface area contributed by atoms with Crippen molar-refractivity contribution in [1.29, 1.82) is 0 Å². The third kappa shape index (κ3) is 34.6. The summed E-state index contributed by atoms with van der Waals surface area (Å²) < 4.78 is 109. The van der Waals surface area contributed by atoms with Gasteiger partial charge < -0.3 is 29.0 Å². The van der Waals surface area contributed by atoms with Crippen LogP contribution in [0.5, 0.6) is 0 Å². The highest BCUT2D eigenvalue weighted by molar-refractivity contribution is 7.81. The molecule has 7 atom stereocenters. The highest BCUT2D eigenvalue weighted by atomic mass is 32.3. The summed E-state index contributed by atoms with van der Waals surface area (Å²) in [7, 11) is -10.8. The lowest BCUT2D eigenvalue weighted by Crippen LogP contribution is -2.63. The molecule has 0 saturated carbocycles. The van der Waals surface area contributed by atoms with E-state index in [4.69, 9.17) is 27.9 Å². The highest BCUT2D eigenvalue weighted by Gasteiger charge is 2.54. The molecule has 0 radical (unpaired) electrons. The van der Waals surface area contributed by atoms with Crippen molar-refractivity contribution in [2.24, 2.45) is 0 Å².